The molecule has 2 atom stereocenters. The van der Waals surface area contributed by atoms with Gasteiger partial charge >= 0.3 is 11.9 Å². The summed E-state index contributed by atoms with van der Waals surface area (Å²) in [5.41, 5.74) is 0. The van der Waals surface area contributed by atoms with Crippen LogP contribution in [0.15, 0.2) is 0 Å². The van der Waals surface area contributed by atoms with Crippen molar-refractivity contribution >= 4 is 43.8 Å². The number of rotatable bonds is 5. The van der Waals surface area contributed by atoms with Crippen LogP contribution in [-0.2, 0) is 19.1 Å². The van der Waals surface area contributed by atoms with Crippen LogP contribution in [0.5, 0.6) is 0 Å². The van der Waals surface area contributed by atoms with E-state index in [9.17, 15) is 9.59 Å². The van der Waals surface area contributed by atoms with Gasteiger partial charge in [-0.1, -0.05) is 31.9 Å². The van der Waals surface area contributed by atoms with Crippen LogP contribution in [-0.4, -0.2) is 33.8 Å². The second-order valence-electron chi connectivity index (χ2n) is 3.77. The van der Waals surface area contributed by atoms with Gasteiger partial charge in [-0.3, -0.25) is 9.59 Å². The minimum absolute atomic E-state index is 0.214. The summed E-state index contributed by atoms with van der Waals surface area (Å²) in [6.07, 6.45) is -0.429. The molecule has 0 spiro atoms. The zero-order chi connectivity index (χ0) is 12.9. The predicted octanol–water partition coefficient (Wildman–Crippen LogP) is 2.42. The van der Waals surface area contributed by atoms with Crippen LogP contribution in [0.3, 0.4) is 0 Å². The molecule has 0 heterocycles. The van der Waals surface area contributed by atoms with E-state index in [0.29, 0.717) is 0 Å². The molecule has 0 radical (unpaired) electrons. The highest BCUT2D eigenvalue weighted by molar-refractivity contribution is 9.12. The number of hydrogen-bond donors (Lipinski definition) is 0. The molecule has 0 fully saturated rings. The maximum atomic E-state index is 11.5. The molecule has 0 aromatic heterocycles. The minimum Gasteiger partial charge on any atom is -0.462 e. The average Bonchev–Trinajstić information content (AvgIpc) is 2.13. The lowest BCUT2D eigenvalue weighted by Gasteiger charge is -2.17. The van der Waals surface area contributed by atoms with Crippen molar-refractivity contribution in [1.82, 2.24) is 0 Å². The number of hydrogen-bond acceptors (Lipinski definition) is 4. The van der Waals surface area contributed by atoms with E-state index in [-0.39, 0.29) is 12.2 Å². The maximum absolute atomic E-state index is 11.5. The van der Waals surface area contributed by atoms with E-state index in [4.69, 9.17) is 9.47 Å². The van der Waals surface area contributed by atoms with Gasteiger partial charge in [-0.2, -0.15) is 0 Å². The SMILES string of the molecule is CC(C)OC(=O)[C@@H](Br)[C@@H](Br)C(=O)OC(C)C. The third-order valence-electron chi connectivity index (χ3n) is 1.41. The number of carbonyl (C=O) groups is 2. The van der Waals surface area contributed by atoms with E-state index in [1.807, 2.05) is 0 Å². The highest BCUT2D eigenvalue weighted by atomic mass is 79.9. The van der Waals surface area contributed by atoms with Crippen molar-refractivity contribution < 1.29 is 19.1 Å². The van der Waals surface area contributed by atoms with Gasteiger partial charge in [0.25, 0.3) is 0 Å². The second kappa shape index (κ2) is 7.27. The number of esters is 2. The summed E-state index contributed by atoms with van der Waals surface area (Å²) < 4.78 is 9.93. The molecule has 0 bridgehead atoms. The van der Waals surface area contributed by atoms with Gasteiger partial charge in [0.1, 0.15) is 9.65 Å². The molecule has 0 aliphatic carbocycles. The molecule has 0 aromatic carbocycles. The van der Waals surface area contributed by atoms with Crippen LogP contribution >= 0.6 is 31.9 Å². The fraction of sp³-hybridized carbons (Fsp3) is 0.800. The standard InChI is InChI=1S/C10H16Br2O4/c1-5(2)15-9(13)7(11)8(12)10(14)16-6(3)4/h5-8H,1-4H3/t7-,8+. The van der Waals surface area contributed by atoms with E-state index in [0.717, 1.165) is 0 Å². The van der Waals surface area contributed by atoms with E-state index in [1.165, 1.54) is 0 Å². The van der Waals surface area contributed by atoms with E-state index < -0.39 is 21.6 Å². The molecule has 6 heteroatoms. The lowest BCUT2D eigenvalue weighted by atomic mass is 10.3. The smallest absolute Gasteiger partial charge is 0.321 e. The average molecular weight is 360 g/mol. The normalized spacial score (nSPS) is 14.8. The zero-order valence-electron chi connectivity index (χ0n) is 9.70. The molecule has 0 unspecified atom stereocenters. The van der Waals surface area contributed by atoms with Crippen LogP contribution < -0.4 is 0 Å². The first-order valence-electron chi connectivity index (χ1n) is 4.94. The van der Waals surface area contributed by atoms with Gasteiger partial charge < -0.3 is 9.47 Å². The van der Waals surface area contributed by atoms with E-state index in [2.05, 4.69) is 31.9 Å². The topological polar surface area (TPSA) is 52.6 Å². The third kappa shape index (κ3) is 5.84. The molecular weight excluding hydrogens is 344 g/mol. The highest BCUT2D eigenvalue weighted by Gasteiger charge is 2.32. The Hall–Kier alpha value is -0.100. The summed E-state index contributed by atoms with van der Waals surface area (Å²) >= 11 is 6.21. The summed E-state index contributed by atoms with van der Waals surface area (Å²) in [4.78, 5) is 21.5. The number of carbonyl (C=O) groups excluding carboxylic acids is 2. The Labute approximate surface area is 112 Å². The third-order valence-corrected chi connectivity index (χ3v) is 3.93. The first-order chi connectivity index (χ1) is 7.25. The monoisotopic (exact) mass is 358 g/mol. The Bertz CT molecular complexity index is 227. The van der Waals surface area contributed by atoms with Crippen LogP contribution in [0.2, 0.25) is 0 Å². The molecule has 0 saturated heterocycles. The van der Waals surface area contributed by atoms with Crippen molar-refractivity contribution in [3.8, 4) is 0 Å². The minimum atomic E-state index is -0.749. The number of alkyl halides is 2. The van der Waals surface area contributed by atoms with Gasteiger partial charge in [0.2, 0.25) is 0 Å². The fourth-order valence-corrected chi connectivity index (χ4v) is 1.48. The van der Waals surface area contributed by atoms with Gasteiger partial charge in [0.15, 0.2) is 0 Å². The summed E-state index contributed by atoms with van der Waals surface area (Å²) in [5, 5.41) is 0. The van der Waals surface area contributed by atoms with Gasteiger partial charge in [-0.05, 0) is 27.7 Å². The number of ether oxygens (including phenoxy) is 2. The molecule has 0 N–H and O–H groups in total. The van der Waals surface area contributed by atoms with Crippen molar-refractivity contribution in [3.05, 3.63) is 0 Å². The van der Waals surface area contributed by atoms with Crippen LogP contribution in [0.4, 0.5) is 0 Å². The molecular formula is C10H16Br2O4. The lowest BCUT2D eigenvalue weighted by Crippen LogP contribution is -2.35. The van der Waals surface area contributed by atoms with Crippen molar-refractivity contribution in [2.75, 3.05) is 0 Å². The van der Waals surface area contributed by atoms with Crippen LogP contribution in [0.1, 0.15) is 27.7 Å². The molecule has 0 aliphatic heterocycles. The zero-order valence-corrected chi connectivity index (χ0v) is 12.9. The molecule has 0 aliphatic rings. The predicted molar refractivity (Wildman–Crippen MR) is 67.9 cm³/mol. The first kappa shape index (κ1) is 15.9. The maximum Gasteiger partial charge on any atom is 0.321 e. The van der Waals surface area contributed by atoms with Gasteiger partial charge in [0, 0.05) is 0 Å². The van der Waals surface area contributed by atoms with Crippen molar-refractivity contribution in [1.29, 1.82) is 0 Å². The van der Waals surface area contributed by atoms with E-state index in [1.54, 1.807) is 27.7 Å². The molecule has 94 valence electrons. The molecule has 16 heavy (non-hydrogen) atoms. The Morgan fingerprint density at radius 2 is 1.06 bits per heavy atom. The van der Waals surface area contributed by atoms with Crippen LogP contribution in [0.25, 0.3) is 0 Å². The molecule has 0 rings (SSSR count). The quantitative estimate of drug-likeness (QED) is 0.558. The highest BCUT2D eigenvalue weighted by Crippen LogP contribution is 2.18. The van der Waals surface area contributed by atoms with Gasteiger partial charge in [-0.15, -0.1) is 0 Å². The van der Waals surface area contributed by atoms with Crippen LogP contribution in [0, 0.1) is 0 Å². The van der Waals surface area contributed by atoms with Crippen molar-refractivity contribution in [2.24, 2.45) is 0 Å². The number of halogens is 2. The summed E-state index contributed by atoms with van der Waals surface area (Å²) in [6.45, 7) is 6.97. The fourth-order valence-electron chi connectivity index (χ4n) is 0.834. The molecule has 0 aromatic rings. The summed E-state index contributed by atoms with van der Waals surface area (Å²) in [7, 11) is 0. The lowest BCUT2D eigenvalue weighted by molar-refractivity contribution is -0.152. The van der Waals surface area contributed by atoms with Crippen molar-refractivity contribution in [3.63, 3.8) is 0 Å². The molecule has 0 saturated carbocycles. The van der Waals surface area contributed by atoms with Gasteiger partial charge in [-0.25, -0.2) is 0 Å². The van der Waals surface area contributed by atoms with E-state index >= 15 is 0 Å². The largest absolute Gasteiger partial charge is 0.462 e. The Balaban J connectivity index is 4.31. The molecule has 4 nitrogen and oxygen atoms in total. The molecule has 0 amide bonds. The van der Waals surface area contributed by atoms with Crippen molar-refractivity contribution in [2.45, 2.75) is 49.6 Å². The second-order valence-corrected chi connectivity index (χ2v) is 5.75. The Morgan fingerprint density at radius 1 is 0.812 bits per heavy atom. The Morgan fingerprint density at radius 3 is 1.25 bits per heavy atom. The first-order valence-corrected chi connectivity index (χ1v) is 6.78. The van der Waals surface area contributed by atoms with Gasteiger partial charge in [0.05, 0.1) is 12.2 Å². The Kier molecular flexibility index (Phi) is 7.22. The summed E-state index contributed by atoms with van der Waals surface area (Å²) in [6, 6.07) is 0. The summed E-state index contributed by atoms with van der Waals surface area (Å²) in [5.74, 6) is -0.977.